The summed E-state index contributed by atoms with van der Waals surface area (Å²) in [7, 11) is 0. The molecule has 0 unspecified atom stereocenters. The Hall–Kier alpha value is -3.28. The van der Waals surface area contributed by atoms with Crippen LogP contribution in [0.3, 0.4) is 0 Å². The number of amides is 1. The number of hydrogen-bond acceptors (Lipinski definition) is 5. The fourth-order valence-corrected chi connectivity index (χ4v) is 2.94. The number of carbonyl (C=O) groups excluding carboxylic acids is 1. The summed E-state index contributed by atoms with van der Waals surface area (Å²) < 4.78 is 40.4. The van der Waals surface area contributed by atoms with Crippen molar-refractivity contribution in [2.24, 2.45) is 0 Å². The maximum atomic E-state index is 12.5. The second kappa shape index (κ2) is 8.17. The van der Waals surface area contributed by atoms with E-state index in [0.717, 1.165) is 0 Å². The highest BCUT2D eigenvalue weighted by atomic mass is 19.4. The number of nitrogens with zero attached hydrogens (tertiary/aromatic N) is 4. The SMILES string of the molecule is N#Cc1ccnc(N2CCN(C(=O)Cc3ccc(OC(F)(F)F)cc3)CC2)c1. The van der Waals surface area contributed by atoms with Gasteiger partial charge in [-0.1, -0.05) is 12.1 Å². The zero-order chi connectivity index (χ0) is 20.1. The first-order valence-corrected chi connectivity index (χ1v) is 8.57. The molecule has 1 aliphatic heterocycles. The van der Waals surface area contributed by atoms with Crippen LogP contribution in [-0.2, 0) is 11.2 Å². The Kier molecular flexibility index (Phi) is 5.68. The van der Waals surface area contributed by atoms with Crippen LogP contribution in [0.25, 0.3) is 0 Å². The standard InChI is InChI=1S/C19H17F3N4O2/c20-19(21,22)28-16-3-1-14(2-4-16)12-18(27)26-9-7-25(8-10-26)17-11-15(13-23)5-6-24-17/h1-6,11H,7-10,12H2. The van der Waals surface area contributed by atoms with E-state index in [1.54, 1.807) is 23.2 Å². The molecule has 0 bridgehead atoms. The summed E-state index contributed by atoms with van der Waals surface area (Å²) in [5, 5.41) is 8.98. The van der Waals surface area contributed by atoms with Gasteiger partial charge >= 0.3 is 6.36 Å². The minimum absolute atomic E-state index is 0.0946. The maximum absolute atomic E-state index is 12.5. The van der Waals surface area contributed by atoms with Crippen molar-refractivity contribution in [2.75, 3.05) is 31.1 Å². The van der Waals surface area contributed by atoms with Crippen LogP contribution in [-0.4, -0.2) is 48.3 Å². The molecule has 6 nitrogen and oxygen atoms in total. The average molecular weight is 390 g/mol. The highest BCUT2D eigenvalue weighted by Gasteiger charge is 2.31. The number of alkyl halides is 3. The number of rotatable bonds is 4. The molecule has 1 amide bonds. The van der Waals surface area contributed by atoms with E-state index in [-0.39, 0.29) is 18.1 Å². The largest absolute Gasteiger partial charge is 0.573 e. The minimum atomic E-state index is -4.74. The minimum Gasteiger partial charge on any atom is -0.406 e. The quantitative estimate of drug-likeness (QED) is 0.803. The van der Waals surface area contributed by atoms with E-state index in [9.17, 15) is 18.0 Å². The van der Waals surface area contributed by atoms with Crippen LogP contribution in [0.15, 0.2) is 42.6 Å². The van der Waals surface area contributed by atoms with Crippen LogP contribution in [0.2, 0.25) is 0 Å². The molecule has 28 heavy (non-hydrogen) atoms. The van der Waals surface area contributed by atoms with Gasteiger partial charge in [0.25, 0.3) is 0 Å². The molecule has 0 N–H and O–H groups in total. The highest BCUT2D eigenvalue weighted by Crippen LogP contribution is 2.23. The Morgan fingerprint density at radius 3 is 2.43 bits per heavy atom. The van der Waals surface area contributed by atoms with Crippen LogP contribution < -0.4 is 9.64 Å². The van der Waals surface area contributed by atoms with Gasteiger partial charge in [0.1, 0.15) is 11.6 Å². The molecule has 0 atom stereocenters. The van der Waals surface area contributed by atoms with Crippen molar-refractivity contribution in [2.45, 2.75) is 12.8 Å². The fraction of sp³-hybridized carbons (Fsp3) is 0.316. The van der Waals surface area contributed by atoms with Gasteiger partial charge in [-0.2, -0.15) is 5.26 Å². The number of nitriles is 1. The van der Waals surface area contributed by atoms with Gasteiger partial charge in [-0.15, -0.1) is 13.2 Å². The van der Waals surface area contributed by atoms with Gasteiger partial charge in [0, 0.05) is 32.4 Å². The predicted molar refractivity (Wildman–Crippen MR) is 94.6 cm³/mol. The molecule has 0 spiro atoms. The van der Waals surface area contributed by atoms with Crippen LogP contribution in [0, 0.1) is 11.3 Å². The maximum Gasteiger partial charge on any atom is 0.573 e. The van der Waals surface area contributed by atoms with Crippen molar-refractivity contribution in [1.29, 1.82) is 5.26 Å². The summed E-state index contributed by atoms with van der Waals surface area (Å²) >= 11 is 0. The molecule has 3 rings (SSSR count). The van der Waals surface area contributed by atoms with Gasteiger partial charge in [-0.3, -0.25) is 4.79 Å². The van der Waals surface area contributed by atoms with Gasteiger partial charge in [-0.05, 0) is 29.8 Å². The zero-order valence-corrected chi connectivity index (χ0v) is 14.8. The third-order valence-electron chi connectivity index (χ3n) is 4.34. The number of carbonyl (C=O) groups is 1. The number of anilines is 1. The van der Waals surface area contributed by atoms with Crippen molar-refractivity contribution in [3.8, 4) is 11.8 Å². The first-order chi connectivity index (χ1) is 13.3. The molecule has 1 aromatic carbocycles. The summed E-state index contributed by atoms with van der Waals surface area (Å²) in [6.45, 7) is 2.19. The second-order valence-electron chi connectivity index (χ2n) is 6.25. The molecular formula is C19H17F3N4O2. The van der Waals surface area contributed by atoms with Crippen LogP contribution in [0.5, 0.6) is 5.75 Å². The molecule has 1 saturated heterocycles. The summed E-state index contributed by atoms with van der Waals surface area (Å²) in [4.78, 5) is 20.4. The van der Waals surface area contributed by atoms with Crippen LogP contribution in [0.4, 0.5) is 19.0 Å². The Bertz CT molecular complexity index is 870. The monoisotopic (exact) mass is 390 g/mol. The third kappa shape index (κ3) is 5.13. The molecule has 2 aromatic rings. The molecule has 0 radical (unpaired) electrons. The topological polar surface area (TPSA) is 69.5 Å². The van der Waals surface area contributed by atoms with Gasteiger partial charge in [0.2, 0.25) is 5.91 Å². The number of halogens is 3. The van der Waals surface area contributed by atoms with E-state index in [0.29, 0.717) is 43.1 Å². The van der Waals surface area contributed by atoms with Crippen molar-refractivity contribution in [3.63, 3.8) is 0 Å². The Labute approximate surface area is 159 Å². The number of ether oxygens (including phenoxy) is 1. The lowest BCUT2D eigenvalue weighted by Gasteiger charge is -2.35. The predicted octanol–water partition coefficient (Wildman–Crippen LogP) is 2.74. The number of benzene rings is 1. The molecule has 0 saturated carbocycles. The molecule has 1 aromatic heterocycles. The van der Waals surface area contributed by atoms with E-state index in [1.807, 2.05) is 4.90 Å². The average Bonchev–Trinajstić information content (AvgIpc) is 2.68. The summed E-state index contributed by atoms with van der Waals surface area (Å²) in [6.07, 6.45) is -3.05. The zero-order valence-electron chi connectivity index (χ0n) is 14.8. The van der Waals surface area contributed by atoms with Gasteiger partial charge in [0.15, 0.2) is 0 Å². The van der Waals surface area contributed by atoms with Crippen LogP contribution >= 0.6 is 0 Å². The van der Waals surface area contributed by atoms with E-state index in [4.69, 9.17) is 5.26 Å². The van der Waals surface area contributed by atoms with Crippen molar-refractivity contribution >= 4 is 11.7 Å². The summed E-state index contributed by atoms with van der Waals surface area (Å²) in [6, 6.07) is 10.7. The number of hydrogen-bond donors (Lipinski definition) is 0. The molecule has 0 aliphatic carbocycles. The van der Waals surface area contributed by atoms with Gasteiger partial charge < -0.3 is 14.5 Å². The Morgan fingerprint density at radius 2 is 1.82 bits per heavy atom. The van der Waals surface area contributed by atoms with E-state index < -0.39 is 6.36 Å². The van der Waals surface area contributed by atoms with E-state index in [1.165, 1.54) is 24.3 Å². The van der Waals surface area contributed by atoms with Crippen molar-refractivity contribution < 1.29 is 22.7 Å². The number of pyridine rings is 1. The van der Waals surface area contributed by atoms with Crippen molar-refractivity contribution in [3.05, 3.63) is 53.7 Å². The lowest BCUT2D eigenvalue weighted by Crippen LogP contribution is -2.49. The third-order valence-corrected chi connectivity index (χ3v) is 4.34. The summed E-state index contributed by atoms with van der Waals surface area (Å²) in [5.41, 5.74) is 1.15. The molecule has 9 heteroatoms. The highest BCUT2D eigenvalue weighted by molar-refractivity contribution is 5.79. The Morgan fingerprint density at radius 1 is 1.14 bits per heavy atom. The van der Waals surface area contributed by atoms with Gasteiger partial charge in [-0.25, -0.2) is 4.98 Å². The number of aromatic nitrogens is 1. The molecule has 2 heterocycles. The first kappa shape index (κ1) is 19.5. The fourth-order valence-electron chi connectivity index (χ4n) is 2.94. The van der Waals surface area contributed by atoms with Crippen molar-refractivity contribution in [1.82, 2.24) is 9.88 Å². The van der Waals surface area contributed by atoms with Gasteiger partial charge in [0.05, 0.1) is 18.1 Å². The molecule has 146 valence electrons. The van der Waals surface area contributed by atoms with E-state index in [2.05, 4.69) is 15.8 Å². The summed E-state index contributed by atoms with van der Waals surface area (Å²) in [5.74, 6) is 0.290. The Balaban J connectivity index is 1.53. The normalized spacial score (nSPS) is 14.5. The van der Waals surface area contributed by atoms with Crippen LogP contribution in [0.1, 0.15) is 11.1 Å². The lowest BCUT2D eigenvalue weighted by molar-refractivity contribution is -0.274. The molecule has 1 aliphatic rings. The number of piperazine rings is 1. The lowest BCUT2D eigenvalue weighted by atomic mass is 10.1. The first-order valence-electron chi connectivity index (χ1n) is 8.57. The molecule has 1 fully saturated rings. The van der Waals surface area contributed by atoms with E-state index >= 15 is 0 Å². The molecular weight excluding hydrogens is 373 g/mol. The second-order valence-corrected chi connectivity index (χ2v) is 6.25. The smallest absolute Gasteiger partial charge is 0.406 e.